The molecule has 7 aromatic rings. The summed E-state index contributed by atoms with van der Waals surface area (Å²) in [5.41, 5.74) is 6.31. The second kappa shape index (κ2) is 16.7. The van der Waals surface area contributed by atoms with Crippen molar-refractivity contribution in [3.05, 3.63) is 108 Å². The zero-order chi connectivity index (χ0) is 43.9. The zero-order valence-corrected chi connectivity index (χ0v) is 35.2. The maximum Gasteiger partial charge on any atom is 0.415 e. The van der Waals surface area contributed by atoms with Crippen molar-refractivity contribution in [1.82, 2.24) is 39.3 Å². The fourth-order valence-electron chi connectivity index (χ4n) is 8.11. The van der Waals surface area contributed by atoms with Gasteiger partial charge in [-0.2, -0.15) is 0 Å². The highest BCUT2D eigenvalue weighted by molar-refractivity contribution is 6.01. The van der Waals surface area contributed by atoms with Gasteiger partial charge in [0.15, 0.2) is 5.82 Å². The maximum atomic E-state index is 13.3. The van der Waals surface area contributed by atoms with Gasteiger partial charge in [-0.05, 0) is 90.7 Å². The number of aromatic hydroxyl groups is 2. The number of carbonyl (C=O) groups is 3. The molecule has 322 valence electrons. The predicted molar refractivity (Wildman–Crippen MR) is 235 cm³/mol. The lowest BCUT2D eigenvalue weighted by molar-refractivity contribution is -0.133. The summed E-state index contributed by atoms with van der Waals surface area (Å²) in [5, 5.41) is 34.3. The fourth-order valence-corrected chi connectivity index (χ4v) is 8.11. The highest BCUT2D eigenvalue weighted by atomic mass is 16.6. The summed E-state index contributed by atoms with van der Waals surface area (Å²) in [6, 6.07) is 19.5. The van der Waals surface area contributed by atoms with Gasteiger partial charge < -0.3 is 43.9 Å². The van der Waals surface area contributed by atoms with Crippen molar-refractivity contribution in [1.29, 1.82) is 0 Å². The molecule has 63 heavy (non-hydrogen) atoms. The first-order valence-corrected chi connectivity index (χ1v) is 20.9. The van der Waals surface area contributed by atoms with Crippen molar-refractivity contribution in [3.63, 3.8) is 0 Å². The largest absolute Gasteiger partial charge is 0.508 e. The van der Waals surface area contributed by atoms with E-state index < -0.39 is 12.0 Å². The van der Waals surface area contributed by atoms with Gasteiger partial charge in [-0.3, -0.25) is 14.2 Å². The average Bonchev–Trinajstić information content (AvgIpc) is 3.86. The van der Waals surface area contributed by atoms with Gasteiger partial charge in [0.1, 0.15) is 42.3 Å². The number of rotatable bonds is 10. The van der Waals surface area contributed by atoms with E-state index in [4.69, 9.17) is 19.2 Å². The van der Waals surface area contributed by atoms with Gasteiger partial charge >= 0.3 is 6.09 Å². The van der Waals surface area contributed by atoms with E-state index in [0.717, 1.165) is 38.4 Å². The quantitative estimate of drug-likeness (QED) is 0.127. The van der Waals surface area contributed by atoms with Gasteiger partial charge in [-0.15, -0.1) is 10.2 Å². The minimum absolute atomic E-state index is 0.0293. The Morgan fingerprint density at radius 3 is 2.48 bits per heavy atom. The van der Waals surface area contributed by atoms with E-state index in [9.17, 15) is 24.6 Å². The molecule has 0 unspecified atom stereocenters. The number of amides is 3. The third-order valence-corrected chi connectivity index (χ3v) is 11.4. The molecule has 0 spiro atoms. The van der Waals surface area contributed by atoms with E-state index in [1.807, 2.05) is 38.3 Å². The molecular formula is C47H46N8O8. The minimum Gasteiger partial charge on any atom is -0.508 e. The molecule has 4 aromatic heterocycles. The SMILES string of the molecule is CCNC(=O)c1nnc(-c2cc(C(C)C)c(O)cc2O)n1-c1ccc(OC2CCN(C(=O)CN(C)C(=O)Oc3ccc4nc5c(cc4c3)cn3cc4c(cc53)C=COC4)CC2)cc1. The molecule has 16 heteroatoms. The monoisotopic (exact) mass is 850 g/mol. The molecule has 3 N–H and O–H groups in total. The van der Waals surface area contributed by atoms with Crippen LogP contribution in [0, 0.1) is 0 Å². The first-order chi connectivity index (χ1) is 30.4. The zero-order valence-electron chi connectivity index (χ0n) is 35.2. The normalized spacial score (nSPS) is 14.0. The molecule has 0 atom stereocenters. The number of hydrogen-bond acceptors (Lipinski definition) is 11. The number of carbonyl (C=O) groups excluding carboxylic acids is 3. The molecule has 2 aliphatic rings. The van der Waals surface area contributed by atoms with Crippen LogP contribution in [0.4, 0.5) is 4.79 Å². The number of phenols is 2. The van der Waals surface area contributed by atoms with Crippen molar-refractivity contribution >= 4 is 51.3 Å². The van der Waals surface area contributed by atoms with Crippen LogP contribution in [0.15, 0.2) is 85.4 Å². The smallest absolute Gasteiger partial charge is 0.415 e. The van der Waals surface area contributed by atoms with Gasteiger partial charge in [-0.25, -0.2) is 9.78 Å². The lowest BCUT2D eigenvalue weighted by Gasteiger charge is -2.33. The third kappa shape index (κ3) is 8.02. The van der Waals surface area contributed by atoms with Crippen LogP contribution < -0.4 is 14.8 Å². The number of nitrogens with zero attached hydrogens (tertiary/aromatic N) is 7. The molecule has 0 saturated carbocycles. The molecule has 16 nitrogen and oxygen atoms in total. The molecule has 2 aliphatic heterocycles. The molecule has 9 rings (SSSR count). The van der Waals surface area contributed by atoms with Crippen molar-refractivity contribution in [2.75, 3.05) is 33.2 Å². The highest BCUT2D eigenvalue weighted by Gasteiger charge is 2.28. The lowest BCUT2D eigenvalue weighted by atomic mass is 9.98. The van der Waals surface area contributed by atoms with Gasteiger partial charge in [0.2, 0.25) is 11.7 Å². The third-order valence-electron chi connectivity index (χ3n) is 11.4. The van der Waals surface area contributed by atoms with Crippen LogP contribution in [0.5, 0.6) is 23.0 Å². The predicted octanol–water partition coefficient (Wildman–Crippen LogP) is 7.17. The number of nitrogens with one attached hydrogen (secondary N) is 1. The molecule has 1 saturated heterocycles. The number of aromatic nitrogens is 5. The Kier molecular flexibility index (Phi) is 10.8. The highest BCUT2D eigenvalue weighted by Crippen LogP contribution is 2.38. The first-order valence-electron chi connectivity index (χ1n) is 20.9. The second-order valence-electron chi connectivity index (χ2n) is 16.1. The summed E-state index contributed by atoms with van der Waals surface area (Å²) < 4.78 is 21.1. The molecule has 0 radical (unpaired) electrons. The summed E-state index contributed by atoms with van der Waals surface area (Å²) in [7, 11) is 1.54. The van der Waals surface area contributed by atoms with E-state index >= 15 is 0 Å². The molecular weight excluding hydrogens is 805 g/mol. The number of hydrogen-bond donors (Lipinski definition) is 3. The Hall–Kier alpha value is -7.62. The summed E-state index contributed by atoms with van der Waals surface area (Å²) >= 11 is 0. The van der Waals surface area contributed by atoms with E-state index in [-0.39, 0.29) is 47.6 Å². The van der Waals surface area contributed by atoms with Crippen LogP contribution in [-0.4, -0.2) is 101 Å². The number of ether oxygens (including phenoxy) is 3. The topological polar surface area (TPSA) is 186 Å². The number of pyridine rings is 2. The van der Waals surface area contributed by atoms with Gasteiger partial charge in [-0.1, -0.05) is 13.8 Å². The Balaban J connectivity index is 0.809. The number of likely N-dealkylation sites (N-methyl/N-ethyl adjacent to an activating group) is 1. The number of likely N-dealkylation sites (tertiary alicyclic amines) is 1. The van der Waals surface area contributed by atoms with Crippen LogP contribution in [0.2, 0.25) is 0 Å². The summed E-state index contributed by atoms with van der Waals surface area (Å²) in [4.78, 5) is 47.4. The number of phenolic OH excluding ortho intramolecular Hbond substituents is 2. The summed E-state index contributed by atoms with van der Waals surface area (Å²) in [6.45, 7) is 7.30. The fraction of sp³-hybridized carbons (Fsp3) is 0.277. The van der Waals surface area contributed by atoms with Crippen LogP contribution in [0.3, 0.4) is 0 Å². The van der Waals surface area contributed by atoms with Crippen molar-refractivity contribution in [2.45, 2.75) is 52.2 Å². The van der Waals surface area contributed by atoms with Gasteiger partial charge in [0.25, 0.3) is 5.91 Å². The van der Waals surface area contributed by atoms with Crippen LogP contribution >= 0.6 is 0 Å². The van der Waals surface area contributed by atoms with Crippen LogP contribution in [0.1, 0.15) is 66.8 Å². The van der Waals surface area contributed by atoms with Crippen molar-refractivity contribution in [2.24, 2.45) is 0 Å². The Morgan fingerprint density at radius 1 is 0.937 bits per heavy atom. The molecule has 0 bridgehead atoms. The lowest BCUT2D eigenvalue weighted by Crippen LogP contribution is -2.46. The number of fused-ring (bicyclic) bond motifs is 5. The van der Waals surface area contributed by atoms with Gasteiger partial charge in [0, 0.05) is 80.0 Å². The maximum absolute atomic E-state index is 13.3. The van der Waals surface area contributed by atoms with Crippen molar-refractivity contribution in [3.8, 4) is 40.1 Å². The average molecular weight is 851 g/mol. The minimum atomic E-state index is -0.647. The number of benzene rings is 3. The Labute approximate surface area is 361 Å². The Bertz CT molecular complexity index is 2950. The van der Waals surface area contributed by atoms with E-state index in [0.29, 0.717) is 67.4 Å². The van der Waals surface area contributed by atoms with Crippen LogP contribution in [-0.2, 0) is 16.1 Å². The molecule has 3 aromatic carbocycles. The van der Waals surface area contributed by atoms with E-state index in [2.05, 4.69) is 32.2 Å². The molecule has 0 aliphatic carbocycles. The van der Waals surface area contributed by atoms with Crippen molar-refractivity contribution < 1.29 is 38.8 Å². The Morgan fingerprint density at radius 2 is 1.71 bits per heavy atom. The van der Waals surface area contributed by atoms with E-state index in [1.165, 1.54) is 18.0 Å². The summed E-state index contributed by atoms with van der Waals surface area (Å²) in [5.74, 6) is 0.280. The summed E-state index contributed by atoms with van der Waals surface area (Å²) in [6.07, 6.45) is 8.10. The molecule has 6 heterocycles. The molecule has 1 fully saturated rings. The number of piperidine rings is 1. The van der Waals surface area contributed by atoms with E-state index in [1.54, 1.807) is 65.1 Å². The van der Waals surface area contributed by atoms with Crippen LogP contribution in [0.25, 0.3) is 50.5 Å². The second-order valence-corrected chi connectivity index (χ2v) is 16.1. The standard InChI is InChI=1S/C47H46N8O8/c1-5-48-46(59)45-51-50-44(37-21-36(27(2)3)40(56)22-41(37)57)55(45)32-6-8-33(9-7-32)62-34-12-15-53(16-13-34)42(58)25-52(4)47(60)63-35-10-11-38-29(19-35)18-30-23-54-24-31-26-61-17-14-28(31)20-39(54)43(30)49-38/h6-11,14,17-24,27,34,56-57H,5,12-13,15-16,25-26H2,1-4H3,(H,48,59). The first kappa shape index (κ1) is 40.8. The molecule has 3 amide bonds. The van der Waals surface area contributed by atoms with Gasteiger partial charge in [0.05, 0.1) is 28.4 Å².